The summed E-state index contributed by atoms with van der Waals surface area (Å²) in [5, 5.41) is 2.94. The summed E-state index contributed by atoms with van der Waals surface area (Å²) in [7, 11) is 1.60. The van der Waals surface area contributed by atoms with Crippen molar-refractivity contribution < 1.29 is 13.2 Å². The number of carbonyl (C=O) groups is 1. The average Bonchev–Trinajstić information content (AvgIpc) is 3.00. The van der Waals surface area contributed by atoms with Gasteiger partial charge in [-0.3, -0.25) is 4.79 Å². The van der Waals surface area contributed by atoms with E-state index in [9.17, 15) is 13.2 Å². The van der Waals surface area contributed by atoms with E-state index in [0.29, 0.717) is 0 Å². The third kappa shape index (κ3) is 3.70. The molecule has 19 heavy (non-hydrogen) atoms. The molecular formula is C12H16ClNO3S2. The molecule has 106 valence electrons. The quantitative estimate of drug-likeness (QED) is 0.867. The van der Waals surface area contributed by atoms with E-state index < -0.39 is 9.05 Å². The molecule has 2 rings (SSSR count). The molecule has 1 unspecified atom stereocenters. The van der Waals surface area contributed by atoms with Gasteiger partial charge in [-0.05, 0) is 31.9 Å². The minimum atomic E-state index is -3.68. The standard InChI is InChI=1S/C12H16ClNO3S2/c1-8(14-12(15)9-4-2-3-5-9)10-6-7-11(18-10)19(13,16)17/h6-9H,2-5H2,1H3,(H,14,15). The molecule has 1 fully saturated rings. The Morgan fingerprint density at radius 3 is 2.58 bits per heavy atom. The molecule has 1 atom stereocenters. The van der Waals surface area contributed by atoms with Gasteiger partial charge in [-0.25, -0.2) is 8.42 Å². The fourth-order valence-electron chi connectivity index (χ4n) is 2.29. The zero-order valence-corrected chi connectivity index (χ0v) is 12.9. The highest BCUT2D eigenvalue weighted by molar-refractivity contribution is 8.15. The van der Waals surface area contributed by atoms with Crippen molar-refractivity contribution in [2.45, 2.75) is 42.9 Å². The van der Waals surface area contributed by atoms with Crippen LogP contribution in [-0.4, -0.2) is 14.3 Å². The van der Waals surface area contributed by atoms with Crippen LogP contribution in [0.2, 0.25) is 0 Å². The van der Waals surface area contributed by atoms with E-state index in [0.717, 1.165) is 41.9 Å². The highest BCUT2D eigenvalue weighted by atomic mass is 35.7. The Morgan fingerprint density at radius 2 is 2.05 bits per heavy atom. The highest BCUT2D eigenvalue weighted by Crippen LogP contribution is 2.30. The second kappa shape index (κ2) is 5.81. The largest absolute Gasteiger partial charge is 0.349 e. The van der Waals surface area contributed by atoms with Gasteiger partial charge in [0.1, 0.15) is 4.21 Å². The predicted octanol–water partition coefficient (Wildman–Crippen LogP) is 3.04. The van der Waals surface area contributed by atoms with Crippen molar-refractivity contribution in [1.29, 1.82) is 0 Å². The lowest BCUT2D eigenvalue weighted by molar-refractivity contribution is -0.125. The number of amides is 1. The van der Waals surface area contributed by atoms with E-state index in [4.69, 9.17) is 10.7 Å². The zero-order valence-electron chi connectivity index (χ0n) is 10.6. The van der Waals surface area contributed by atoms with Crippen LogP contribution in [0.1, 0.15) is 43.5 Å². The Morgan fingerprint density at radius 1 is 1.42 bits per heavy atom. The van der Waals surface area contributed by atoms with Gasteiger partial charge < -0.3 is 5.32 Å². The first-order valence-corrected chi connectivity index (χ1v) is 9.35. The van der Waals surface area contributed by atoms with E-state index in [1.807, 2.05) is 6.92 Å². The number of hydrogen-bond acceptors (Lipinski definition) is 4. The third-order valence-corrected chi connectivity index (χ3v) is 6.71. The average molecular weight is 322 g/mol. The predicted molar refractivity (Wildman–Crippen MR) is 75.9 cm³/mol. The summed E-state index contributed by atoms with van der Waals surface area (Å²) in [6, 6.07) is 2.98. The second-order valence-electron chi connectivity index (χ2n) is 4.81. The topological polar surface area (TPSA) is 63.2 Å². The molecule has 7 heteroatoms. The normalized spacial score (nSPS) is 18.4. The summed E-state index contributed by atoms with van der Waals surface area (Å²) in [4.78, 5) is 12.8. The Labute approximate surface area is 121 Å². The smallest absolute Gasteiger partial charge is 0.270 e. The van der Waals surface area contributed by atoms with Crippen molar-refractivity contribution in [3.05, 3.63) is 17.0 Å². The van der Waals surface area contributed by atoms with Gasteiger partial charge >= 0.3 is 0 Å². The zero-order chi connectivity index (χ0) is 14.0. The van der Waals surface area contributed by atoms with Crippen LogP contribution in [0.4, 0.5) is 0 Å². The van der Waals surface area contributed by atoms with E-state index >= 15 is 0 Å². The lowest BCUT2D eigenvalue weighted by Crippen LogP contribution is -2.31. The van der Waals surface area contributed by atoms with E-state index in [1.54, 1.807) is 6.07 Å². The second-order valence-corrected chi connectivity index (χ2v) is 8.71. The van der Waals surface area contributed by atoms with E-state index in [-0.39, 0.29) is 22.1 Å². The number of thiophene rings is 1. The Balaban J connectivity index is 2.01. The molecule has 0 radical (unpaired) electrons. The molecule has 1 saturated carbocycles. The molecular weight excluding hydrogens is 306 g/mol. The lowest BCUT2D eigenvalue weighted by atomic mass is 10.1. The van der Waals surface area contributed by atoms with Crippen LogP contribution < -0.4 is 5.32 Å². The fraction of sp³-hybridized carbons (Fsp3) is 0.583. The first kappa shape index (κ1) is 14.8. The van der Waals surface area contributed by atoms with Gasteiger partial charge in [0.2, 0.25) is 5.91 Å². The van der Waals surface area contributed by atoms with Gasteiger partial charge in [-0.2, -0.15) is 0 Å². The van der Waals surface area contributed by atoms with Gasteiger partial charge in [-0.15, -0.1) is 11.3 Å². The van der Waals surface area contributed by atoms with Crippen molar-refractivity contribution in [2.24, 2.45) is 5.92 Å². The molecule has 1 N–H and O–H groups in total. The summed E-state index contributed by atoms with van der Waals surface area (Å²) in [5.74, 6) is 0.173. The van der Waals surface area contributed by atoms with Crippen molar-refractivity contribution in [3.8, 4) is 0 Å². The van der Waals surface area contributed by atoms with E-state index in [1.165, 1.54) is 6.07 Å². The monoisotopic (exact) mass is 321 g/mol. The summed E-state index contributed by atoms with van der Waals surface area (Å²) in [6.07, 6.45) is 4.12. The highest BCUT2D eigenvalue weighted by Gasteiger charge is 2.24. The Hall–Kier alpha value is -0.590. The number of nitrogens with one attached hydrogen (secondary N) is 1. The minimum Gasteiger partial charge on any atom is -0.349 e. The molecule has 4 nitrogen and oxygen atoms in total. The maximum atomic E-state index is 12.0. The van der Waals surface area contributed by atoms with Crippen LogP contribution in [0.3, 0.4) is 0 Å². The minimum absolute atomic E-state index is 0.0636. The van der Waals surface area contributed by atoms with Gasteiger partial charge in [0.05, 0.1) is 6.04 Å². The molecule has 1 heterocycles. The summed E-state index contributed by atoms with van der Waals surface area (Å²) in [5.41, 5.74) is 0. The third-order valence-electron chi connectivity index (χ3n) is 3.35. The van der Waals surface area contributed by atoms with Crippen molar-refractivity contribution in [1.82, 2.24) is 5.32 Å². The lowest BCUT2D eigenvalue weighted by Gasteiger charge is -2.15. The molecule has 0 spiro atoms. The van der Waals surface area contributed by atoms with Crippen LogP contribution in [0.15, 0.2) is 16.3 Å². The summed E-state index contributed by atoms with van der Waals surface area (Å²) < 4.78 is 22.5. The first-order chi connectivity index (χ1) is 8.88. The van der Waals surface area contributed by atoms with Gasteiger partial charge in [0.15, 0.2) is 0 Å². The van der Waals surface area contributed by atoms with Crippen molar-refractivity contribution >= 4 is 37.0 Å². The van der Waals surface area contributed by atoms with Crippen molar-refractivity contribution in [2.75, 3.05) is 0 Å². The van der Waals surface area contributed by atoms with Gasteiger partial charge in [-0.1, -0.05) is 12.8 Å². The Kier molecular flexibility index (Phi) is 4.53. The Bertz CT molecular complexity index is 561. The fourth-order valence-corrected chi connectivity index (χ4v) is 4.38. The molecule has 1 aliphatic carbocycles. The number of hydrogen-bond donors (Lipinski definition) is 1. The van der Waals surface area contributed by atoms with E-state index in [2.05, 4.69) is 5.32 Å². The number of halogens is 1. The number of carbonyl (C=O) groups excluding carboxylic acids is 1. The summed E-state index contributed by atoms with van der Waals surface area (Å²) >= 11 is 1.10. The van der Waals surface area contributed by atoms with Crippen LogP contribution in [0.25, 0.3) is 0 Å². The van der Waals surface area contributed by atoms with Gasteiger partial charge in [0, 0.05) is 21.5 Å². The van der Waals surface area contributed by atoms with Crippen LogP contribution >= 0.6 is 22.0 Å². The molecule has 1 aliphatic rings. The SMILES string of the molecule is CC(NC(=O)C1CCCC1)c1ccc(S(=O)(=O)Cl)s1. The van der Waals surface area contributed by atoms with Crippen LogP contribution in [-0.2, 0) is 13.8 Å². The summed E-state index contributed by atoms with van der Waals surface area (Å²) in [6.45, 7) is 1.85. The molecule has 0 aromatic carbocycles. The molecule has 1 aromatic rings. The maximum absolute atomic E-state index is 12.0. The van der Waals surface area contributed by atoms with Gasteiger partial charge in [0.25, 0.3) is 9.05 Å². The van der Waals surface area contributed by atoms with Crippen LogP contribution in [0, 0.1) is 5.92 Å². The molecule has 1 aromatic heterocycles. The molecule has 0 aliphatic heterocycles. The molecule has 0 bridgehead atoms. The van der Waals surface area contributed by atoms with Crippen molar-refractivity contribution in [3.63, 3.8) is 0 Å². The molecule has 0 saturated heterocycles. The molecule has 1 amide bonds. The first-order valence-electron chi connectivity index (χ1n) is 6.22. The number of rotatable bonds is 4. The maximum Gasteiger partial charge on any atom is 0.270 e. The van der Waals surface area contributed by atoms with Crippen LogP contribution in [0.5, 0.6) is 0 Å².